The molecular formula is C10H11N3O. The Hall–Kier alpha value is -1.84. The van der Waals surface area contributed by atoms with E-state index in [1.54, 1.807) is 0 Å². The molecule has 72 valence electrons. The second kappa shape index (κ2) is 2.83. The van der Waals surface area contributed by atoms with E-state index in [-0.39, 0.29) is 6.01 Å². The fraction of sp³-hybridized carbons (Fsp3) is 0.200. The summed E-state index contributed by atoms with van der Waals surface area (Å²) in [6.07, 6.45) is 0. The maximum atomic E-state index is 9.17. The summed E-state index contributed by atoms with van der Waals surface area (Å²) >= 11 is 0. The Morgan fingerprint density at radius 1 is 1.21 bits per heavy atom. The van der Waals surface area contributed by atoms with Gasteiger partial charge in [-0.05, 0) is 31.0 Å². The molecule has 0 atom stereocenters. The molecule has 2 aromatic rings. The number of benzene rings is 1. The molecule has 1 aromatic heterocycles. The highest BCUT2D eigenvalue weighted by molar-refractivity contribution is 5.92. The van der Waals surface area contributed by atoms with E-state index < -0.39 is 0 Å². The molecule has 0 saturated carbocycles. The van der Waals surface area contributed by atoms with Gasteiger partial charge in [-0.25, -0.2) is 0 Å². The van der Waals surface area contributed by atoms with E-state index in [4.69, 9.17) is 10.8 Å². The molecule has 14 heavy (non-hydrogen) atoms. The summed E-state index contributed by atoms with van der Waals surface area (Å²) in [5.74, 6) is 0.328. The van der Waals surface area contributed by atoms with Gasteiger partial charge in [-0.2, -0.15) is 9.97 Å². The number of fused-ring (bicyclic) bond motifs is 1. The number of nitrogens with two attached hydrogens (primary N) is 1. The number of rotatable bonds is 0. The molecule has 0 spiro atoms. The summed E-state index contributed by atoms with van der Waals surface area (Å²) < 4.78 is 0. The van der Waals surface area contributed by atoms with Crippen LogP contribution in [0.25, 0.3) is 10.9 Å². The van der Waals surface area contributed by atoms with Crippen LogP contribution in [0.4, 0.5) is 5.82 Å². The van der Waals surface area contributed by atoms with Crippen LogP contribution in [0.5, 0.6) is 6.01 Å². The molecule has 0 aliphatic heterocycles. The van der Waals surface area contributed by atoms with Crippen molar-refractivity contribution in [3.8, 4) is 6.01 Å². The Morgan fingerprint density at radius 3 is 2.64 bits per heavy atom. The minimum absolute atomic E-state index is 0.279. The molecule has 1 aromatic carbocycles. The average Bonchev–Trinajstić information content (AvgIpc) is 2.10. The third kappa shape index (κ3) is 1.16. The molecule has 4 nitrogen and oxygen atoms in total. The van der Waals surface area contributed by atoms with Crippen molar-refractivity contribution < 1.29 is 5.11 Å². The van der Waals surface area contributed by atoms with Gasteiger partial charge in [-0.3, -0.25) is 0 Å². The van der Waals surface area contributed by atoms with Crippen LogP contribution in [0.15, 0.2) is 12.1 Å². The zero-order valence-corrected chi connectivity index (χ0v) is 8.07. The highest BCUT2D eigenvalue weighted by Gasteiger charge is 2.07. The van der Waals surface area contributed by atoms with E-state index >= 15 is 0 Å². The van der Waals surface area contributed by atoms with Crippen molar-refractivity contribution in [3.63, 3.8) is 0 Å². The maximum absolute atomic E-state index is 9.17. The van der Waals surface area contributed by atoms with Crippen molar-refractivity contribution in [2.24, 2.45) is 0 Å². The van der Waals surface area contributed by atoms with E-state index in [2.05, 4.69) is 9.97 Å². The van der Waals surface area contributed by atoms with E-state index in [9.17, 15) is 0 Å². The zero-order valence-electron chi connectivity index (χ0n) is 8.07. The fourth-order valence-electron chi connectivity index (χ4n) is 1.51. The summed E-state index contributed by atoms with van der Waals surface area (Å²) in [6.45, 7) is 3.97. The van der Waals surface area contributed by atoms with Gasteiger partial charge in [0.25, 0.3) is 0 Å². The second-order valence-corrected chi connectivity index (χ2v) is 3.31. The molecule has 0 saturated heterocycles. The van der Waals surface area contributed by atoms with Gasteiger partial charge in [0.15, 0.2) is 0 Å². The number of hydrogen-bond donors (Lipinski definition) is 2. The smallest absolute Gasteiger partial charge is 0.316 e. The molecule has 0 radical (unpaired) electrons. The van der Waals surface area contributed by atoms with E-state index in [0.717, 1.165) is 16.5 Å². The topological polar surface area (TPSA) is 72.0 Å². The molecule has 2 rings (SSSR count). The van der Waals surface area contributed by atoms with Crippen LogP contribution >= 0.6 is 0 Å². The first-order valence-electron chi connectivity index (χ1n) is 4.32. The Bertz CT molecular complexity index is 508. The Morgan fingerprint density at radius 2 is 1.93 bits per heavy atom. The normalized spacial score (nSPS) is 10.7. The van der Waals surface area contributed by atoms with Crippen LogP contribution in [0.1, 0.15) is 11.1 Å². The number of aryl methyl sites for hydroxylation is 2. The van der Waals surface area contributed by atoms with Crippen LogP contribution in [0.3, 0.4) is 0 Å². The number of nitrogen functional groups attached to an aromatic ring is 1. The Balaban J connectivity index is 2.95. The predicted molar refractivity (Wildman–Crippen MR) is 55.1 cm³/mol. The van der Waals surface area contributed by atoms with Gasteiger partial charge >= 0.3 is 6.01 Å². The molecule has 4 heteroatoms. The molecule has 1 heterocycles. The first-order chi connectivity index (χ1) is 6.59. The van der Waals surface area contributed by atoms with E-state index in [1.807, 2.05) is 26.0 Å². The third-order valence-electron chi connectivity index (χ3n) is 2.41. The fourth-order valence-corrected chi connectivity index (χ4v) is 1.51. The zero-order chi connectivity index (χ0) is 10.3. The quantitative estimate of drug-likeness (QED) is 0.659. The highest BCUT2D eigenvalue weighted by atomic mass is 16.3. The maximum Gasteiger partial charge on any atom is 0.316 e. The molecule has 0 bridgehead atoms. The Labute approximate surface area is 81.4 Å². The van der Waals surface area contributed by atoms with Gasteiger partial charge < -0.3 is 10.8 Å². The van der Waals surface area contributed by atoms with Crippen LogP contribution in [-0.2, 0) is 0 Å². The second-order valence-electron chi connectivity index (χ2n) is 3.31. The average molecular weight is 189 g/mol. The van der Waals surface area contributed by atoms with Crippen molar-refractivity contribution in [2.75, 3.05) is 5.73 Å². The number of nitrogens with zero attached hydrogens (tertiary/aromatic N) is 2. The molecule has 0 amide bonds. The largest absolute Gasteiger partial charge is 0.479 e. The first kappa shape index (κ1) is 8.74. The van der Waals surface area contributed by atoms with Crippen LogP contribution in [0.2, 0.25) is 0 Å². The summed E-state index contributed by atoms with van der Waals surface area (Å²) in [7, 11) is 0. The van der Waals surface area contributed by atoms with Gasteiger partial charge in [-0.15, -0.1) is 0 Å². The molecule has 0 unspecified atom stereocenters. The molecule has 0 aliphatic carbocycles. The van der Waals surface area contributed by atoms with E-state index in [1.165, 1.54) is 0 Å². The summed E-state index contributed by atoms with van der Waals surface area (Å²) in [5, 5.41) is 9.99. The lowest BCUT2D eigenvalue weighted by atomic mass is 10.1. The summed E-state index contributed by atoms with van der Waals surface area (Å²) in [5.41, 5.74) is 8.59. The van der Waals surface area contributed by atoms with Crippen LogP contribution in [0, 0.1) is 13.8 Å². The van der Waals surface area contributed by atoms with Crippen LogP contribution in [-0.4, -0.2) is 15.1 Å². The minimum atomic E-state index is -0.279. The van der Waals surface area contributed by atoms with Crippen molar-refractivity contribution >= 4 is 16.7 Å². The molecule has 0 fully saturated rings. The summed E-state index contributed by atoms with van der Waals surface area (Å²) in [6, 6.07) is 3.50. The van der Waals surface area contributed by atoms with Gasteiger partial charge in [0.1, 0.15) is 5.82 Å². The monoisotopic (exact) mass is 189 g/mol. The van der Waals surface area contributed by atoms with Crippen molar-refractivity contribution in [1.82, 2.24) is 9.97 Å². The van der Waals surface area contributed by atoms with Gasteiger partial charge in [0.2, 0.25) is 0 Å². The van der Waals surface area contributed by atoms with Gasteiger partial charge in [0, 0.05) is 5.39 Å². The predicted octanol–water partition coefficient (Wildman–Crippen LogP) is 1.53. The SMILES string of the molecule is Cc1ccc2nc(O)nc(N)c2c1C. The van der Waals surface area contributed by atoms with Gasteiger partial charge in [0.05, 0.1) is 5.52 Å². The lowest BCUT2D eigenvalue weighted by molar-refractivity contribution is 0.434. The number of aromatic hydroxyl groups is 1. The van der Waals surface area contributed by atoms with Crippen LogP contribution < -0.4 is 5.73 Å². The third-order valence-corrected chi connectivity index (χ3v) is 2.41. The standard InChI is InChI=1S/C10H11N3O/c1-5-3-4-7-8(6(5)2)9(11)13-10(14)12-7/h3-4H,1-2H3,(H3,11,12,13,14). The van der Waals surface area contributed by atoms with E-state index in [0.29, 0.717) is 11.3 Å². The molecule has 0 aliphatic rings. The molecule has 3 N–H and O–H groups in total. The number of aromatic nitrogens is 2. The van der Waals surface area contributed by atoms with Crippen molar-refractivity contribution in [2.45, 2.75) is 13.8 Å². The number of hydrogen-bond acceptors (Lipinski definition) is 4. The number of anilines is 1. The summed E-state index contributed by atoms with van der Waals surface area (Å²) in [4.78, 5) is 7.63. The lowest BCUT2D eigenvalue weighted by Crippen LogP contribution is -1.97. The van der Waals surface area contributed by atoms with Crippen molar-refractivity contribution in [3.05, 3.63) is 23.3 Å². The first-order valence-corrected chi connectivity index (χ1v) is 4.32. The minimum Gasteiger partial charge on any atom is -0.479 e. The Kier molecular flexibility index (Phi) is 1.77. The molecular weight excluding hydrogens is 178 g/mol. The van der Waals surface area contributed by atoms with Gasteiger partial charge in [-0.1, -0.05) is 6.07 Å². The highest BCUT2D eigenvalue weighted by Crippen LogP contribution is 2.25. The van der Waals surface area contributed by atoms with Crippen molar-refractivity contribution in [1.29, 1.82) is 0 Å². The lowest BCUT2D eigenvalue weighted by Gasteiger charge is -2.06.